The van der Waals surface area contributed by atoms with Gasteiger partial charge in [0.05, 0.1) is 0 Å². The first kappa shape index (κ1) is 15.7. The number of amides is 1. The molecule has 1 N–H and O–H groups in total. The number of rotatable bonds is 4. The van der Waals surface area contributed by atoms with E-state index in [9.17, 15) is 4.79 Å². The van der Waals surface area contributed by atoms with Crippen LogP contribution in [-0.4, -0.2) is 29.2 Å². The van der Waals surface area contributed by atoms with Crippen molar-refractivity contribution in [1.29, 1.82) is 0 Å². The number of benzene rings is 1. The van der Waals surface area contributed by atoms with Gasteiger partial charge in [0.15, 0.2) is 11.5 Å². The highest BCUT2D eigenvalue weighted by molar-refractivity contribution is 6.30. The number of halogens is 1. The Hall–Kier alpha value is -2.14. The van der Waals surface area contributed by atoms with Crippen LogP contribution in [-0.2, 0) is 6.54 Å². The van der Waals surface area contributed by atoms with Crippen molar-refractivity contribution in [3.63, 3.8) is 0 Å². The lowest BCUT2D eigenvalue weighted by Gasteiger charge is -2.27. The van der Waals surface area contributed by atoms with Crippen molar-refractivity contribution in [3.05, 3.63) is 52.7 Å². The Morgan fingerprint density at radius 1 is 1.04 bits per heavy atom. The second kappa shape index (κ2) is 7.42. The summed E-state index contributed by atoms with van der Waals surface area (Å²) in [6.45, 7) is 2.46. The van der Waals surface area contributed by atoms with Crippen molar-refractivity contribution in [1.82, 2.24) is 15.5 Å². The smallest absolute Gasteiger partial charge is 0.272 e. The van der Waals surface area contributed by atoms with Gasteiger partial charge in [0.2, 0.25) is 0 Å². The fourth-order valence-electron chi connectivity index (χ4n) is 2.61. The molecule has 1 fully saturated rings. The third kappa shape index (κ3) is 4.20. The molecule has 0 spiro atoms. The largest absolute Gasteiger partial charge is 0.355 e. The number of hydrogen-bond acceptors (Lipinski definition) is 4. The van der Waals surface area contributed by atoms with Crippen molar-refractivity contribution in [2.45, 2.75) is 25.8 Å². The van der Waals surface area contributed by atoms with E-state index in [0.29, 0.717) is 17.3 Å². The van der Waals surface area contributed by atoms with Gasteiger partial charge in [0, 0.05) is 24.7 Å². The van der Waals surface area contributed by atoms with Gasteiger partial charge in [0.25, 0.3) is 5.91 Å². The molecule has 0 aliphatic carbocycles. The number of aromatic nitrogens is 2. The van der Waals surface area contributed by atoms with Gasteiger partial charge in [-0.3, -0.25) is 4.79 Å². The molecular weight excluding hydrogens is 312 g/mol. The Morgan fingerprint density at radius 3 is 2.43 bits per heavy atom. The SMILES string of the molecule is O=C(NCc1ccc(Cl)cc1)c1ccc(N2CCCCC2)nn1. The Bertz CT molecular complexity index is 651. The molecule has 120 valence electrons. The molecule has 1 aromatic carbocycles. The second-order valence-electron chi connectivity index (χ2n) is 5.63. The molecule has 0 radical (unpaired) electrons. The van der Waals surface area contributed by atoms with Crippen LogP contribution < -0.4 is 10.2 Å². The zero-order chi connectivity index (χ0) is 16.1. The summed E-state index contributed by atoms with van der Waals surface area (Å²) in [5.74, 6) is 0.622. The van der Waals surface area contributed by atoms with E-state index in [0.717, 1.165) is 24.5 Å². The quantitative estimate of drug-likeness (QED) is 0.936. The van der Waals surface area contributed by atoms with Crippen molar-refractivity contribution < 1.29 is 4.79 Å². The Labute approximate surface area is 140 Å². The highest BCUT2D eigenvalue weighted by Crippen LogP contribution is 2.16. The molecule has 2 heterocycles. The molecule has 1 saturated heterocycles. The molecular formula is C17H19ClN4O. The lowest BCUT2D eigenvalue weighted by atomic mass is 10.1. The van der Waals surface area contributed by atoms with Crippen LogP contribution in [0.1, 0.15) is 35.3 Å². The molecule has 6 heteroatoms. The summed E-state index contributed by atoms with van der Waals surface area (Å²) < 4.78 is 0. The Kier molecular flexibility index (Phi) is 5.08. The number of piperidine rings is 1. The van der Waals surface area contributed by atoms with Crippen LogP contribution in [0.3, 0.4) is 0 Å². The van der Waals surface area contributed by atoms with E-state index in [1.807, 2.05) is 18.2 Å². The molecule has 1 aromatic heterocycles. The van der Waals surface area contributed by atoms with Crippen LogP contribution >= 0.6 is 11.6 Å². The lowest BCUT2D eigenvalue weighted by molar-refractivity contribution is 0.0945. The molecule has 0 unspecified atom stereocenters. The molecule has 2 aromatic rings. The van der Waals surface area contributed by atoms with E-state index >= 15 is 0 Å². The fourth-order valence-corrected chi connectivity index (χ4v) is 2.74. The maximum Gasteiger partial charge on any atom is 0.272 e. The minimum absolute atomic E-state index is 0.224. The highest BCUT2D eigenvalue weighted by atomic mass is 35.5. The van der Waals surface area contributed by atoms with Crippen LogP contribution in [0, 0.1) is 0 Å². The topological polar surface area (TPSA) is 58.1 Å². The van der Waals surface area contributed by atoms with Gasteiger partial charge in [-0.05, 0) is 49.1 Å². The van der Waals surface area contributed by atoms with E-state index < -0.39 is 0 Å². The van der Waals surface area contributed by atoms with E-state index in [1.54, 1.807) is 18.2 Å². The summed E-state index contributed by atoms with van der Waals surface area (Å²) in [6, 6.07) is 11.0. The van der Waals surface area contributed by atoms with E-state index in [4.69, 9.17) is 11.6 Å². The highest BCUT2D eigenvalue weighted by Gasteiger charge is 2.14. The van der Waals surface area contributed by atoms with E-state index in [2.05, 4.69) is 20.4 Å². The van der Waals surface area contributed by atoms with E-state index in [-0.39, 0.29) is 5.91 Å². The van der Waals surface area contributed by atoms with Gasteiger partial charge in [-0.1, -0.05) is 23.7 Å². The maximum atomic E-state index is 12.1. The molecule has 0 atom stereocenters. The van der Waals surface area contributed by atoms with Crippen molar-refractivity contribution in [2.75, 3.05) is 18.0 Å². The number of carbonyl (C=O) groups is 1. The maximum absolute atomic E-state index is 12.1. The zero-order valence-electron chi connectivity index (χ0n) is 12.8. The van der Waals surface area contributed by atoms with E-state index in [1.165, 1.54) is 19.3 Å². The number of anilines is 1. The summed E-state index contributed by atoms with van der Waals surface area (Å²) in [5, 5.41) is 11.8. The Balaban J connectivity index is 1.57. The first-order valence-electron chi connectivity index (χ1n) is 7.84. The van der Waals surface area contributed by atoms with Gasteiger partial charge < -0.3 is 10.2 Å². The van der Waals surface area contributed by atoms with Crippen molar-refractivity contribution in [3.8, 4) is 0 Å². The summed E-state index contributed by atoms with van der Waals surface area (Å²) in [5.41, 5.74) is 1.32. The summed E-state index contributed by atoms with van der Waals surface area (Å²) in [7, 11) is 0. The molecule has 23 heavy (non-hydrogen) atoms. The minimum Gasteiger partial charge on any atom is -0.355 e. The van der Waals surface area contributed by atoms with Gasteiger partial charge in [0.1, 0.15) is 0 Å². The molecule has 3 rings (SSSR count). The lowest BCUT2D eigenvalue weighted by Crippen LogP contribution is -2.31. The molecule has 1 aliphatic heterocycles. The Morgan fingerprint density at radius 2 is 1.78 bits per heavy atom. The standard InChI is InChI=1S/C17H19ClN4O/c18-14-6-4-13(5-7-14)12-19-17(23)15-8-9-16(21-20-15)22-10-2-1-3-11-22/h4-9H,1-3,10-12H2,(H,19,23). The minimum atomic E-state index is -0.224. The average molecular weight is 331 g/mol. The van der Waals surface area contributed by atoms with Crippen LogP contribution in [0.2, 0.25) is 5.02 Å². The molecule has 1 amide bonds. The number of hydrogen-bond donors (Lipinski definition) is 1. The average Bonchev–Trinajstić information content (AvgIpc) is 2.62. The monoisotopic (exact) mass is 330 g/mol. The number of nitrogens with zero attached hydrogens (tertiary/aromatic N) is 3. The van der Waals surface area contributed by atoms with Crippen LogP contribution in [0.4, 0.5) is 5.82 Å². The van der Waals surface area contributed by atoms with Crippen LogP contribution in [0.5, 0.6) is 0 Å². The van der Waals surface area contributed by atoms with Crippen LogP contribution in [0.25, 0.3) is 0 Å². The summed E-state index contributed by atoms with van der Waals surface area (Å²) >= 11 is 5.84. The predicted octanol–water partition coefficient (Wildman–Crippen LogP) is 3.05. The van der Waals surface area contributed by atoms with Crippen LogP contribution in [0.15, 0.2) is 36.4 Å². The van der Waals surface area contributed by atoms with Gasteiger partial charge >= 0.3 is 0 Å². The van der Waals surface area contributed by atoms with Gasteiger partial charge in [-0.25, -0.2) is 0 Å². The van der Waals surface area contributed by atoms with Gasteiger partial charge in [-0.15, -0.1) is 10.2 Å². The summed E-state index contributed by atoms with van der Waals surface area (Å²) in [6.07, 6.45) is 3.64. The first-order valence-corrected chi connectivity index (χ1v) is 8.21. The number of nitrogens with one attached hydrogen (secondary N) is 1. The van der Waals surface area contributed by atoms with Gasteiger partial charge in [-0.2, -0.15) is 0 Å². The third-order valence-corrected chi connectivity index (χ3v) is 4.18. The van der Waals surface area contributed by atoms with Crippen molar-refractivity contribution >= 4 is 23.3 Å². The molecule has 0 bridgehead atoms. The second-order valence-corrected chi connectivity index (χ2v) is 6.07. The fraction of sp³-hybridized carbons (Fsp3) is 0.353. The molecule has 1 aliphatic rings. The number of carbonyl (C=O) groups excluding carboxylic acids is 1. The summed E-state index contributed by atoms with van der Waals surface area (Å²) in [4.78, 5) is 14.3. The first-order chi connectivity index (χ1) is 11.2. The molecule has 5 nitrogen and oxygen atoms in total. The predicted molar refractivity (Wildman–Crippen MR) is 90.7 cm³/mol. The van der Waals surface area contributed by atoms with Crippen molar-refractivity contribution in [2.24, 2.45) is 0 Å². The molecule has 0 saturated carbocycles. The third-order valence-electron chi connectivity index (χ3n) is 3.93. The normalized spacial score (nSPS) is 14.6. The zero-order valence-corrected chi connectivity index (χ0v) is 13.6.